The molecule has 1 atom stereocenters. The van der Waals surface area contributed by atoms with Gasteiger partial charge in [-0.2, -0.15) is 0 Å². The lowest BCUT2D eigenvalue weighted by Gasteiger charge is -2.18. The first-order valence-electron chi connectivity index (χ1n) is 26.8. The molecular weight excluding hydrogens is 805 g/mol. The van der Waals surface area contributed by atoms with Gasteiger partial charge in [0.15, 0.2) is 6.10 Å². The third-order valence-electron chi connectivity index (χ3n) is 11.1. The van der Waals surface area contributed by atoms with Crippen LogP contribution in [0.15, 0.2) is 97.2 Å². The molecule has 6 nitrogen and oxygen atoms in total. The zero-order valence-electron chi connectivity index (χ0n) is 42.2. The maximum Gasteiger partial charge on any atom is 0.306 e. The molecule has 0 amide bonds. The lowest BCUT2D eigenvalue weighted by atomic mass is 10.1. The molecular formula is C59H98O6. The van der Waals surface area contributed by atoms with Crippen molar-refractivity contribution >= 4 is 17.9 Å². The van der Waals surface area contributed by atoms with Crippen LogP contribution in [-0.2, 0) is 28.6 Å². The Morgan fingerprint density at radius 2 is 0.677 bits per heavy atom. The van der Waals surface area contributed by atoms with E-state index in [0.717, 1.165) is 116 Å². The number of hydrogen-bond donors (Lipinski definition) is 0. The first-order valence-corrected chi connectivity index (χ1v) is 26.8. The van der Waals surface area contributed by atoms with Gasteiger partial charge in [0, 0.05) is 19.3 Å². The summed E-state index contributed by atoms with van der Waals surface area (Å²) >= 11 is 0. The van der Waals surface area contributed by atoms with Crippen LogP contribution in [-0.4, -0.2) is 37.2 Å². The molecule has 0 saturated carbocycles. The number of ether oxygens (including phenoxy) is 3. The van der Waals surface area contributed by atoms with Crippen LogP contribution in [0, 0.1) is 0 Å². The quantitative estimate of drug-likeness (QED) is 0.0199. The van der Waals surface area contributed by atoms with Crippen molar-refractivity contribution in [2.24, 2.45) is 0 Å². The molecule has 370 valence electrons. The molecule has 0 rings (SSSR count). The first kappa shape index (κ1) is 61.3. The fourth-order valence-corrected chi connectivity index (χ4v) is 7.17. The normalized spacial score (nSPS) is 12.8. The second-order valence-electron chi connectivity index (χ2n) is 17.5. The summed E-state index contributed by atoms with van der Waals surface area (Å²) < 4.78 is 16.8. The number of carbonyl (C=O) groups excluding carboxylic acids is 3. The molecule has 0 spiro atoms. The smallest absolute Gasteiger partial charge is 0.306 e. The van der Waals surface area contributed by atoms with Gasteiger partial charge in [-0.3, -0.25) is 14.4 Å². The highest BCUT2D eigenvalue weighted by Gasteiger charge is 2.19. The predicted octanol–water partition coefficient (Wildman–Crippen LogP) is 17.8. The highest BCUT2D eigenvalue weighted by Crippen LogP contribution is 2.14. The summed E-state index contributed by atoms with van der Waals surface area (Å²) in [5.41, 5.74) is 0. The average Bonchev–Trinajstić information content (AvgIpc) is 3.30. The Hall–Kier alpha value is -3.67. The Morgan fingerprint density at radius 1 is 0.338 bits per heavy atom. The van der Waals surface area contributed by atoms with E-state index in [0.29, 0.717) is 19.3 Å². The van der Waals surface area contributed by atoms with Crippen LogP contribution in [0.3, 0.4) is 0 Å². The number of carbonyl (C=O) groups is 3. The van der Waals surface area contributed by atoms with Crippen molar-refractivity contribution in [1.82, 2.24) is 0 Å². The average molecular weight is 903 g/mol. The standard InChI is InChI=1S/C59H98O6/c1-4-7-10-13-16-19-22-25-27-28-29-30-32-34-37-40-43-46-49-52-58(61)64-55-56(54-63-57(60)51-48-45-42-39-36-33-24-21-18-15-12-9-6-3)65-59(62)53-50-47-44-41-38-35-31-26-23-20-17-14-11-8-5-2/h7-8,10-11,14,16-17,19-20,23,25-27,31,33,36,56H,4-6,9,12-13,15,18,21-22,24,28-30,32,34-35,37-55H2,1-3H3/b10-7-,11-8-,17-14-,19-16-,23-20-,27-25-,31-26-,36-33-. The number of esters is 3. The summed E-state index contributed by atoms with van der Waals surface area (Å²) in [4.78, 5) is 38.0. The molecule has 65 heavy (non-hydrogen) atoms. The van der Waals surface area contributed by atoms with Crippen LogP contribution >= 0.6 is 0 Å². The number of rotatable bonds is 47. The maximum atomic E-state index is 12.8. The minimum atomic E-state index is -0.799. The van der Waals surface area contributed by atoms with Crippen LogP contribution < -0.4 is 0 Å². The van der Waals surface area contributed by atoms with E-state index < -0.39 is 6.10 Å². The fraction of sp³-hybridized carbons (Fsp3) is 0.678. The monoisotopic (exact) mass is 903 g/mol. The molecule has 0 saturated heterocycles. The Labute approximate surface area is 400 Å². The molecule has 0 radical (unpaired) electrons. The van der Waals surface area contributed by atoms with Gasteiger partial charge < -0.3 is 14.2 Å². The molecule has 6 heteroatoms. The molecule has 0 aromatic rings. The molecule has 0 aromatic heterocycles. The van der Waals surface area contributed by atoms with Crippen molar-refractivity contribution in [3.05, 3.63) is 97.2 Å². The SMILES string of the molecule is CC\C=C/C=C\C=C/C=C\CCCCCCCC(=O)OC(COC(=O)CCCCC/C=C\CCCCCCCC)COC(=O)CCCCCCCCCCC/C=C\C/C=C\C/C=C\CC. The predicted molar refractivity (Wildman–Crippen MR) is 279 cm³/mol. The molecule has 0 aliphatic rings. The van der Waals surface area contributed by atoms with Gasteiger partial charge in [-0.15, -0.1) is 0 Å². The Kier molecular flexibility index (Phi) is 50.0. The van der Waals surface area contributed by atoms with Gasteiger partial charge in [0.2, 0.25) is 0 Å². The van der Waals surface area contributed by atoms with Crippen molar-refractivity contribution in [2.45, 2.75) is 245 Å². The highest BCUT2D eigenvalue weighted by atomic mass is 16.6. The first-order chi connectivity index (χ1) is 32.0. The Bertz CT molecular complexity index is 1310. The largest absolute Gasteiger partial charge is 0.462 e. The van der Waals surface area contributed by atoms with Gasteiger partial charge >= 0.3 is 17.9 Å². The minimum Gasteiger partial charge on any atom is -0.462 e. The zero-order chi connectivity index (χ0) is 47.2. The zero-order valence-corrected chi connectivity index (χ0v) is 42.2. The molecule has 1 unspecified atom stereocenters. The highest BCUT2D eigenvalue weighted by molar-refractivity contribution is 5.71. The van der Waals surface area contributed by atoms with Crippen LogP contribution in [0.25, 0.3) is 0 Å². The van der Waals surface area contributed by atoms with E-state index in [2.05, 4.69) is 99.8 Å². The second-order valence-corrected chi connectivity index (χ2v) is 17.5. The van der Waals surface area contributed by atoms with Gasteiger partial charge in [-0.25, -0.2) is 0 Å². The Morgan fingerprint density at radius 3 is 1.15 bits per heavy atom. The molecule has 0 fully saturated rings. The van der Waals surface area contributed by atoms with E-state index in [-0.39, 0.29) is 31.1 Å². The number of allylic oxidation sites excluding steroid dienone is 16. The van der Waals surface area contributed by atoms with E-state index >= 15 is 0 Å². The van der Waals surface area contributed by atoms with Crippen molar-refractivity contribution in [2.75, 3.05) is 13.2 Å². The summed E-state index contributed by atoms with van der Waals surface area (Å²) in [6, 6.07) is 0. The second kappa shape index (κ2) is 52.9. The number of unbranched alkanes of at least 4 members (excludes halogenated alkanes) is 23. The fourth-order valence-electron chi connectivity index (χ4n) is 7.17. The van der Waals surface area contributed by atoms with E-state index in [1.165, 1.54) is 83.5 Å². The van der Waals surface area contributed by atoms with Crippen molar-refractivity contribution in [3.63, 3.8) is 0 Å². The van der Waals surface area contributed by atoms with Gasteiger partial charge in [0.05, 0.1) is 0 Å². The summed E-state index contributed by atoms with van der Waals surface area (Å²) in [5, 5.41) is 0. The van der Waals surface area contributed by atoms with Crippen molar-refractivity contribution in [3.8, 4) is 0 Å². The molecule has 0 bridgehead atoms. The molecule has 0 aliphatic heterocycles. The number of hydrogen-bond acceptors (Lipinski definition) is 6. The van der Waals surface area contributed by atoms with Gasteiger partial charge in [0.25, 0.3) is 0 Å². The van der Waals surface area contributed by atoms with Crippen LogP contribution in [0.1, 0.15) is 239 Å². The Balaban J connectivity index is 4.43. The van der Waals surface area contributed by atoms with Crippen molar-refractivity contribution in [1.29, 1.82) is 0 Å². The molecule has 0 aliphatic carbocycles. The topological polar surface area (TPSA) is 78.9 Å². The van der Waals surface area contributed by atoms with Crippen LogP contribution in [0.4, 0.5) is 0 Å². The summed E-state index contributed by atoms with van der Waals surface area (Å²) in [6.07, 6.45) is 69.6. The van der Waals surface area contributed by atoms with E-state index in [4.69, 9.17) is 14.2 Å². The van der Waals surface area contributed by atoms with E-state index in [1.54, 1.807) is 0 Å². The lowest BCUT2D eigenvalue weighted by molar-refractivity contribution is -0.167. The van der Waals surface area contributed by atoms with E-state index in [1.807, 2.05) is 18.2 Å². The summed E-state index contributed by atoms with van der Waals surface area (Å²) in [6.45, 7) is 6.34. The molecule has 0 N–H and O–H groups in total. The summed E-state index contributed by atoms with van der Waals surface area (Å²) in [7, 11) is 0. The van der Waals surface area contributed by atoms with Crippen molar-refractivity contribution < 1.29 is 28.6 Å². The summed E-state index contributed by atoms with van der Waals surface area (Å²) in [5.74, 6) is -0.941. The maximum absolute atomic E-state index is 12.8. The third kappa shape index (κ3) is 51.2. The van der Waals surface area contributed by atoms with Gasteiger partial charge in [-0.1, -0.05) is 221 Å². The molecule has 0 aromatic carbocycles. The van der Waals surface area contributed by atoms with Crippen LogP contribution in [0.5, 0.6) is 0 Å². The van der Waals surface area contributed by atoms with Gasteiger partial charge in [-0.05, 0) is 96.3 Å². The lowest BCUT2D eigenvalue weighted by Crippen LogP contribution is -2.30. The van der Waals surface area contributed by atoms with E-state index in [9.17, 15) is 14.4 Å². The molecule has 0 heterocycles. The minimum absolute atomic E-state index is 0.0956. The van der Waals surface area contributed by atoms with Crippen LogP contribution in [0.2, 0.25) is 0 Å². The van der Waals surface area contributed by atoms with Gasteiger partial charge in [0.1, 0.15) is 13.2 Å². The third-order valence-corrected chi connectivity index (χ3v) is 11.1.